The smallest absolute Gasteiger partial charge is 0.409 e. The second-order valence-corrected chi connectivity index (χ2v) is 8.80. The first kappa shape index (κ1) is 21.4. The van der Waals surface area contributed by atoms with Gasteiger partial charge in [-0.3, -0.25) is 4.79 Å². The van der Waals surface area contributed by atoms with Crippen LogP contribution < -0.4 is 4.90 Å². The maximum atomic E-state index is 12.3. The van der Waals surface area contributed by atoms with Crippen molar-refractivity contribution in [3.8, 4) is 0 Å². The summed E-state index contributed by atoms with van der Waals surface area (Å²) in [6.45, 7) is 7.48. The van der Waals surface area contributed by atoms with E-state index in [1.165, 1.54) is 3.57 Å². The van der Waals surface area contributed by atoms with Crippen LogP contribution in [0.4, 0.5) is 10.5 Å². The van der Waals surface area contributed by atoms with Gasteiger partial charge in [0.05, 0.1) is 6.61 Å². The van der Waals surface area contributed by atoms with Gasteiger partial charge in [0, 0.05) is 54.4 Å². The normalized spacial score (nSPS) is 19.5. The molecule has 28 heavy (non-hydrogen) atoms. The predicted octanol–water partition coefficient (Wildman–Crippen LogP) is 3.73. The lowest BCUT2D eigenvalue weighted by atomic mass is 9.96. The molecule has 2 heterocycles. The fourth-order valence-electron chi connectivity index (χ4n) is 4.39. The van der Waals surface area contributed by atoms with Crippen molar-refractivity contribution in [2.24, 2.45) is 0 Å². The van der Waals surface area contributed by atoms with Gasteiger partial charge in [0.1, 0.15) is 0 Å². The van der Waals surface area contributed by atoms with E-state index in [2.05, 4.69) is 39.6 Å². The molecule has 2 aliphatic heterocycles. The summed E-state index contributed by atoms with van der Waals surface area (Å²) in [7, 11) is 0. The number of benzene rings is 1. The zero-order chi connectivity index (χ0) is 20.1. The molecule has 0 spiro atoms. The Hall–Kier alpha value is -1.35. The van der Waals surface area contributed by atoms with Crippen molar-refractivity contribution in [2.75, 3.05) is 37.7 Å². The molecule has 0 unspecified atom stereocenters. The number of carbonyl (C=O) groups excluding carboxylic acids is 2. The minimum atomic E-state index is -0.186. The summed E-state index contributed by atoms with van der Waals surface area (Å²) < 4.78 is 6.28. The van der Waals surface area contributed by atoms with Crippen molar-refractivity contribution in [2.45, 2.75) is 51.6 Å². The second-order valence-electron chi connectivity index (χ2n) is 7.55. The Kier molecular flexibility index (Phi) is 7.56. The number of amides is 2. The Morgan fingerprint density at radius 3 is 2.21 bits per heavy atom. The van der Waals surface area contributed by atoms with Crippen LogP contribution in [0.2, 0.25) is 0 Å². The summed E-state index contributed by atoms with van der Waals surface area (Å²) in [4.78, 5) is 30.5. The molecule has 0 atom stereocenters. The molecular formula is C21H30IN3O3. The maximum absolute atomic E-state index is 12.3. The van der Waals surface area contributed by atoms with Crippen molar-refractivity contribution in [3.05, 3.63) is 27.8 Å². The van der Waals surface area contributed by atoms with Crippen LogP contribution in [0.15, 0.2) is 24.3 Å². The average molecular weight is 499 g/mol. The molecule has 2 fully saturated rings. The molecule has 2 saturated heterocycles. The van der Waals surface area contributed by atoms with Crippen molar-refractivity contribution >= 4 is 40.3 Å². The van der Waals surface area contributed by atoms with E-state index < -0.39 is 0 Å². The van der Waals surface area contributed by atoms with Gasteiger partial charge in [0.25, 0.3) is 0 Å². The number of hydrogen-bond acceptors (Lipinski definition) is 4. The topological polar surface area (TPSA) is 53.1 Å². The van der Waals surface area contributed by atoms with E-state index in [-0.39, 0.29) is 18.0 Å². The number of piperidine rings is 2. The van der Waals surface area contributed by atoms with Gasteiger partial charge in [-0.1, -0.05) is 0 Å². The third kappa shape index (κ3) is 5.17. The standard InChI is InChI=1S/C21H30IN3O3/c1-3-28-21(27)24-14-8-18(9-15-24)23-12-10-20(11-13-23)25(16(2)26)19-6-4-17(22)5-7-19/h4-7,18,20H,3,8-15H2,1-2H3. The molecule has 2 aliphatic rings. The van der Waals surface area contributed by atoms with Crippen LogP contribution in [-0.4, -0.2) is 66.7 Å². The molecule has 3 rings (SSSR count). The van der Waals surface area contributed by atoms with Gasteiger partial charge in [-0.25, -0.2) is 4.79 Å². The van der Waals surface area contributed by atoms with Crippen LogP contribution in [0.1, 0.15) is 39.5 Å². The lowest BCUT2D eigenvalue weighted by Gasteiger charge is -2.43. The predicted molar refractivity (Wildman–Crippen MR) is 119 cm³/mol. The van der Waals surface area contributed by atoms with Gasteiger partial charge in [0.2, 0.25) is 5.91 Å². The largest absolute Gasteiger partial charge is 0.450 e. The number of halogens is 1. The second kappa shape index (κ2) is 9.91. The van der Waals surface area contributed by atoms with E-state index in [1.54, 1.807) is 6.92 Å². The lowest BCUT2D eigenvalue weighted by Crippen LogP contribution is -2.52. The summed E-state index contributed by atoms with van der Waals surface area (Å²) >= 11 is 2.29. The monoisotopic (exact) mass is 499 g/mol. The van der Waals surface area contributed by atoms with Gasteiger partial charge in [0.15, 0.2) is 0 Å². The number of hydrogen-bond donors (Lipinski definition) is 0. The molecule has 0 radical (unpaired) electrons. The molecule has 0 aliphatic carbocycles. The van der Waals surface area contributed by atoms with Crippen molar-refractivity contribution in [1.82, 2.24) is 9.80 Å². The summed E-state index contributed by atoms with van der Waals surface area (Å²) in [5, 5.41) is 0. The fraction of sp³-hybridized carbons (Fsp3) is 0.619. The Bertz CT molecular complexity index is 666. The van der Waals surface area contributed by atoms with E-state index in [1.807, 2.05) is 28.9 Å². The van der Waals surface area contributed by atoms with Gasteiger partial charge >= 0.3 is 6.09 Å². The first-order chi connectivity index (χ1) is 13.5. The van der Waals surface area contributed by atoms with E-state index in [0.29, 0.717) is 12.6 Å². The van der Waals surface area contributed by atoms with Crippen molar-refractivity contribution < 1.29 is 14.3 Å². The molecule has 154 valence electrons. The Morgan fingerprint density at radius 1 is 1.07 bits per heavy atom. The summed E-state index contributed by atoms with van der Waals surface area (Å²) in [5.41, 5.74) is 0.995. The van der Waals surface area contributed by atoms with Crippen LogP contribution in [0.3, 0.4) is 0 Å². The zero-order valence-corrected chi connectivity index (χ0v) is 18.9. The van der Waals surface area contributed by atoms with Gasteiger partial charge in [-0.2, -0.15) is 0 Å². The average Bonchev–Trinajstić information content (AvgIpc) is 2.70. The number of ether oxygens (including phenoxy) is 1. The molecule has 2 amide bonds. The Morgan fingerprint density at radius 2 is 1.68 bits per heavy atom. The molecule has 1 aromatic carbocycles. The molecule has 6 nitrogen and oxygen atoms in total. The summed E-state index contributed by atoms with van der Waals surface area (Å²) in [6.07, 6.45) is 3.79. The quantitative estimate of drug-likeness (QED) is 0.593. The highest BCUT2D eigenvalue weighted by Gasteiger charge is 2.32. The highest BCUT2D eigenvalue weighted by molar-refractivity contribution is 14.1. The Labute approximate surface area is 181 Å². The summed E-state index contributed by atoms with van der Waals surface area (Å²) in [6, 6.07) is 8.97. The number of likely N-dealkylation sites (tertiary alicyclic amines) is 2. The maximum Gasteiger partial charge on any atom is 0.409 e. The van der Waals surface area contributed by atoms with Crippen molar-refractivity contribution in [3.63, 3.8) is 0 Å². The molecule has 1 aromatic rings. The third-order valence-electron chi connectivity index (χ3n) is 5.82. The van der Waals surface area contributed by atoms with Crippen LogP contribution in [0.5, 0.6) is 0 Å². The molecule has 7 heteroatoms. The van der Waals surface area contributed by atoms with Gasteiger partial charge in [-0.15, -0.1) is 0 Å². The molecule has 0 N–H and O–H groups in total. The van der Waals surface area contributed by atoms with Crippen LogP contribution in [0.25, 0.3) is 0 Å². The highest BCUT2D eigenvalue weighted by Crippen LogP contribution is 2.27. The van der Waals surface area contributed by atoms with Crippen LogP contribution >= 0.6 is 22.6 Å². The SMILES string of the molecule is CCOC(=O)N1CCC(N2CCC(N(C(C)=O)c3ccc(I)cc3)CC2)CC1. The molecular weight excluding hydrogens is 469 g/mol. The van der Waals surface area contributed by atoms with E-state index in [4.69, 9.17) is 4.74 Å². The molecule has 0 aromatic heterocycles. The molecule has 0 bridgehead atoms. The van der Waals surface area contributed by atoms with E-state index >= 15 is 0 Å². The van der Waals surface area contributed by atoms with E-state index in [9.17, 15) is 9.59 Å². The van der Waals surface area contributed by atoms with Crippen molar-refractivity contribution in [1.29, 1.82) is 0 Å². The van der Waals surface area contributed by atoms with Gasteiger partial charge in [-0.05, 0) is 79.5 Å². The minimum Gasteiger partial charge on any atom is -0.450 e. The minimum absolute atomic E-state index is 0.113. The first-order valence-electron chi connectivity index (χ1n) is 10.2. The number of nitrogens with zero attached hydrogens (tertiary/aromatic N) is 3. The van der Waals surface area contributed by atoms with Crippen LogP contribution in [0, 0.1) is 3.57 Å². The lowest BCUT2D eigenvalue weighted by molar-refractivity contribution is -0.117. The number of rotatable bonds is 4. The third-order valence-corrected chi connectivity index (χ3v) is 6.53. The number of carbonyl (C=O) groups is 2. The first-order valence-corrected chi connectivity index (χ1v) is 11.3. The van der Waals surface area contributed by atoms with Gasteiger partial charge < -0.3 is 19.4 Å². The molecule has 0 saturated carbocycles. The Balaban J connectivity index is 1.53. The number of anilines is 1. The van der Waals surface area contributed by atoms with Crippen LogP contribution in [-0.2, 0) is 9.53 Å². The van der Waals surface area contributed by atoms with E-state index in [0.717, 1.165) is 57.5 Å². The zero-order valence-electron chi connectivity index (χ0n) is 16.8. The summed E-state index contributed by atoms with van der Waals surface area (Å²) in [5.74, 6) is 0.113. The fourth-order valence-corrected chi connectivity index (χ4v) is 4.75. The highest BCUT2D eigenvalue weighted by atomic mass is 127.